The molecule has 0 radical (unpaired) electrons. The predicted molar refractivity (Wildman–Crippen MR) is 127 cm³/mol. The van der Waals surface area contributed by atoms with Gasteiger partial charge in [-0.1, -0.05) is 25.1 Å². The van der Waals surface area contributed by atoms with Crippen LogP contribution in [-0.4, -0.2) is 54.6 Å². The molecular weight excluding hydrogens is 434 g/mol. The van der Waals surface area contributed by atoms with Gasteiger partial charge in [-0.15, -0.1) is 0 Å². The van der Waals surface area contributed by atoms with Crippen LogP contribution in [0.5, 0.6) is 11.5 Å². The first-order valence-corrected chi connectivity index (χ1v) is 11.8. The second kappa shape index (κ2) is 10.6. The van der Waals surface area contributed by atoms with Crippen molar-refractivity contribution in [2.75, 3.05) is 19.9 Å². The SMILES string of the molecule is CC[C@@H](C)NC(=O)[C@@H](NC(=O)c1ccc2c(c1)OCO2)C1CCN(C(=O)c2ccccc2)CC1. The second-order valence-corrected chi connectivity index (χ2v) is 8.83. The minimum Gasteiger partial charge on any atom is -0.454 e. The monoisotopic (exact) mass is 465 g/mol. The Bertz CT molecular complexity index is 1030. The zero-order chi connectivity index (χ0) is 24.1. The van der Waals surface area contributed by atoms with E-state index in [-0.39, 0.29) is 36.5 Å². The highest BCUT2D eigenvalue weighted by Gasteiger charge is 2.34. The molecule has 180 valence electrons. The fourth-order valence-electron chi connectivity index (χ4n) is 4.29. The molecule has 0 aromatic heterocycles. The zero-order valence-corrected chi connectivity index (χ0v) is 19.6. The number of hydrogen-bond acceptors (Lipinski definition) is 5. The molecule has 2 aromatic rings. The molecule has 0 saturated carbocycles. The van der Waals surface area contributed by atoms with Crippen LogP contribution in [0.15, 0.2) is 48.5 Å². The lowest BCUT2D eigenvalue weighted by Gasteiger charge is -2.36. The number of amides is 3. The molecule has 0 spiro atoms. The molecule has 3 amide bonds. The van der Waals surface area contributed by atoms with Crippen molar-refractivity contribution in [2.24, 2.45) is 5.92 Å². The standard InChI is InChI=1S/C26H31N3O5/c1-3-17(2)27-25(31)23(28-24(30)20-9-10-21-22(15-20)34-16-33-21)18-11-13-29(14-12-18)26(32)19-7-5-4-6-8-19/h4-10,15,17-18,23H,3,11-14,16H2,1-2H3,(H,27,31)(H,28,30)/t17-,23+/m1/s1. The number of nitrogens with one attached hydrogen (secondary N) is 2. The van der Waals surface area contributed by atoms with Crippen molar-refractivity contribution in [3.8, 4) is 11.5 Å². The number of hydrogen-bond donors (Lipinski definition) is 2. The van der Waals surface area contributed by atoms with Gasteiger partial charge in [-0.3, -0.25) is 14.4 Å². The summed E-state index contributed by atoms with van der Waals surface area (Å²) in [6.45, 7) is 5.13. The Morgan fingerprint density at radius 3 is 2.38 bits per heavy atom. The van der Waals surface area contributed by atoms with Gasteiger partial charge in [-0.05, 0) is 62.4 Å². The van der Waals surface area contributed by atoms with Gasteiger partial charge in [0, 0.05) is 30.3 Å². The average molecular weight is 466 g/mol. The summed E-state index contributed by atoms with van der Waals surface area (Å²) in [5, 5.41) is 5.95. The summed E-state index contributed by atoms with van der Waals surface area (Å²) < 4.78 is 10.7. The lowest BCUT2D eigenvalue weighted by atomic mass is 9.88. The minimum absolute atomic E-state index is 0.00260. The molecule has 2 atom stereocenters. The second-order valence-electron chi connectivity index (χ2n) is 8.83. The fourth-order valence-corrected chi connectivity index (χ4v) is 4.29. The van der Waals surface area contributed by atoms with E-state index < -0.39 is 6.04 Å². The topological polar surface area (TPSA) is 97.0 Å². The third-order valence-corrected chi connectivity index (χ3v) is 6.52. The molecule has 2 aliphatic heterocycles. The predicted octanol–water partition coefficient (Wildman–Crippen LogP) is 2.98. The smallest absolute Gasteiger partial charge is 0.253 e. The lowest BCUT2D eigenvalue weighted by molar-refractivity contribution is -0.125. The molecule has 2 aromatic carbocycles. The fraction of sp³-hybridized carbons (Fsp3) is 0.423. The normalized spacial score (nSPS) is 17.1. The lowest BCUT2D eigenvalue weighted by Crippen LogP contribution is -2.55. The molecule has 0 unspecified atom stereocenters. The van der Waals surface area contributed by atoms with Crippen LogP contribution in [0.4, 0.5) is 0 Å². The summed E-state index contributed by atoms with van der Waals surface area (Å²) >= 11 is 0. The van der Waals surface area contributed by atoms with Crippen molar-refractivity contribution in [1.29, 1.82) is 0 Å². The van der Waals surface area contributed by atoms with Crippen LogP contribution in [0.1, 0.15) is 53.8 Å². The van der Waals surface area contributed by atoms with Gasteiger partial charge in [0.1, 0.15) is 6.04 Å². The highest BCUT2D eigenvalue weighted by molar-refractivity contribution is 5.98. The van der Waals surface area contributed by atoms with E-state index in [0.29, 0.717) is 48.6 Å². The third-order valence-electron chi connectivity index (χ3n) is 6.52. The van der Waals surface area contributed by atoms with Crippen molar-refractivity contribution < 1.29 is 23.9 Å². The number of benzene rings is 2. The molecule has 2 N–H and O–H groups in total. The maximum atomic E-state index is 13.2. The van der Waals surface area contributed by atoms with Gasteiger partial charge in [0.2, 0.25) is 12.7 Å². The molecule has 4 rings (SSSR count). The maximum Gasteiger partial charge on any atom is 0.253 e. The first-order chi connectivity index (χ1) is 16.5. The van der Waals surface area contributed by atoms with Crippen molar-refractivity contribution >= 4 is 17.7 Å². The Morgan fingerprint density at radius 2 is 1.68 bits per heavy atom. The van der Waals surface area contributed by atoms with Gasteiger partial charge in [-0.2, -0.15) is 0 Å². The number of fused-ring (bicyclic) bond motifs is 1. The molecule has 8 nitrogen and oxygen atoms in total. The maximum absolute atomic E-state index is 13.2. The van der Waals surface area contributed by atoms with Gasteiger partial charge in [0.25, 0.3) is 11.8 Å². The molecule has 1 fully saturated rings. The Labute approximate surface area is 199 Å². The number of carbonyl (C=O) groups is 3. The summed E-state index contributed by atoms with van der Waals surface area (Å²) in [4.78, 5) is 40.8. The number of nitrogens with zero attached hydrogens (tertiary/aromatic N) is 1. The van der Waals surface area contributed by atoms with E-state index in [1.165, 1.54) is 0 Å². The van der Waals surface area contributed by atoms with Gasteiger partial charge in [0.05, 0.1) is 0 Å². The van der Waals surface area contributed by atoms with E-state index in [2.05, 4.69) is 10.6 Å². The van der Waals surface area contributed by atoms with E-state index in [1.807, 2.05) is 49.1 Å². The number of piperidine rings is 1. The van der Waals surface area contributed by atoms with E-state index in [9.17, 15) is 14.4 Å². The molecule has 1 saturated heterocycles. The Morgan fingerprint density at radius 1 is 0.971 bits per heavy atom. The Hall–Kier alpha value is -3.55. The number of likely N-dealkylation sites (tertiary alicyclic amines) is 1. The Kier molecular flexibility index (Phi) is 7.35. The molecule has 2 heterocycles. The summed E-state index contributed by atoms with van der Waals surface area (Å²) in [6.07, 6.45) is 2.04. The molecular formula is C26H31N3O5. The van der Waals surface area contributed by atoms with Gasteiger partial charge < -0.3 is 25.0 Å². The highest BCUT2D eigenvalue weighted by Crippen LogP contribution is 2.32. The van der Waals surface area contributed by atoms with Gasteiger partial charge in [0.15, 0.2) is 11.5 Å². The molecule has 0 bridgehead atoms. The Balaban J connectivity index is 1.45. The molecule has 2 aliphatic rings. The summed E-state index contributed by atoms with van der Waals surface area (Å²) in [5.41, 5.74) is 1.06. The number of rotatable bonds is 7. The van der Waals surface area contributed by atoms with Crippen LogP contribution >= 0.6 is 0 Å². The summed E-state index contributed by atoms with van der Waals surface area (Å²) in [6, 6.07) is 13.5. The van der Waals surface area contributed by atoms with Crippen molar-refractivity contribution in [3.05, 3.63) is 59.7 Å². The largest absolute Gasteiger partial charge is 0.454 e. The van der Waals surface area contributed by atoms with Crippen LogP contribution in [0.3, 0.4) is 0 Å². The van der Waals surface area contributed by atoms with Crippen LogP contribution in [0.2, 0.25) is 0 Å². The van der Waals surface area contributed by atoms with Crippen LogP contribution in [-0.2, 0) is 4.79 Å². The van der Waals surface area contributed by atoms with Crippen LogP contribution in [0.25, 0.3) is 0 Å². The van der Waals surface area contributed by atoms with E-state index >= 15 is 0 Å². The minimum atomic E-state index is -0.694. The van der Waals surface area contributed by atoms with Crippen LogP contribution in [0, 0.1) is 5.92 Å². The average Bonchev–Trinajstić information content (AvgIpc) is 3.35. The number of ether oxygens (including phenoxy) is 2. The van der Waals surface area contributed by atoms with Crippen molar-refractivity contribution in [2.45, 2.75) is 45.2 Å². The van der Waals surface area contributed by atoms with E-state index in [0.717, 1.165) is 6.42 Å². The molecule has 8 heteroatoms. The first-order valence-electron chi connectivity index (χ1n) is 11.8. The summed E-state index contributed by atoms with van der Waals surface area (Å²) in [7, 11) is 0. The van der Waals surface area contributed by atoms with Gasteiger partial charge >= 0.3 is 0 Å². The van der Waals surface area contributed by atoms with Crippen LogP contribution < -0.4 is 20.1 Å². The molecule has 0 aliphatic carbocycles. The van der Waals surface area contributed by atoms with E-state index in [1.54, 1.807) is 18.2 Å². The van der Waals surface area contributed by atoms with Crippen molar-refractivity contribution in [3.63, 3.8) is 0 Å². The highest BCUT2D eigenvalue weighted by atomic mass is 16.7. The zero-order valence-electron chi connectivity index (χ0n) is 19.6. The third kappa shape index (κ3) is 5.32. The first kappa shape index (κ1) is 23.6. The number of carbonyl (C=O) groups excluding carboxylic acids is 3. The quantitative estimate of drug-likeness (QED) is 0.655. The summed E-state index contributed by atoms with van der Waals surface area (Å²) in [5.74, 6) is 0.478. The van der Waals surface area contributed by atoms with Gasteiger partial charge in [-0.25, -0.2) is 0 Å². The van der Waals surface area contributed by atoms with Crippen molar-refractivity contribution in [1.82, 2.24) is 15.5 Å². The molecule has 34 heavy (non-hydrogen) atoms. The van der Waals surface area contributed by atoms with E-state index in [4.69, 9.17) is 9.47 Å².